The highest BCUT2D eigenvalue weighted by Gasteiger charge is 2.34. The summed E-state index contributed by atoms with van der Waals surface area (Å²) in [6.45, 7) is 4.44. The van der Waals surface area contributed by atoms with Gasteiger partial charge in [-0.1, -0.05) is 43.7 Å². The van der Waals surface area contributed by atoms with Gasteiger partial charge in [0.2, 0.25) is 0 Å². The van der Waals surface area contributed by atoms with Crippen LogP contribution in [0.5, 0.6) is 0 Å². The lowest BCUT2D eigenvalue weighted by Crippen LogP contribution is -2.29. The van der Waals surface area contributed by atoms with Crippen molar-refractivity contribution in [3.8, 4) is 0 Å². The van der Waals surface area contributed by atoms with E-state index in [0.29, 0.717) is 5.92 Å². The van der Waals surface area contributed by atoms with Crippen LogP contribution < -0.4 is 0 Å². The SMILES string of the molecule is C/C=C/CCc1cc2ccc(C3CCC4CC(C)CCC4C3)cc2cc1F. The van der Waals surface area contributed by atoms with Crippen LogP contribution in [0.4, 0.5) is 4.39 Å². The van der Waals surface area contributed by atoms with Crippen LogP contribution in [0.25, 0.3) is 10.8 Å². The minimum atomic E-state index is -0.0471. The molecule has 4 unspecified atom stereocenters. The molecule has 0 bridgehead atoms. The van der Waals surface area contributed by atoms with Crippen molar-refractivity contribution >= 4 is 10.8 Å². The molecule has 2 aliphatic carbocycles. The summed E-state index contributed by atoms with van der Waals surface area (Å²) in [6.07, 6.45) is 14.1. The molecule has 2 aliphatic rings. The Bertz CT molecular complexity index is 818. The molecule has 27 heavy (non-hydrogen) atoms. The fourth-order valence-corrected chi connectivity index (χ4v) is 5.61. The van der Waals surface area contributed by atoms with Gasteiger partial charge >= 0.3 is 0 Å². The summed E-state index contributed by atoms with van der Waals surface area (Å²) in [7, 11) is 0. The van der Waals surface area contributed by atoms with Crippen molar-refractivity contribution in [2.75, 3.05) is 0 Å². The molecule has 0 aliphatic heterocycles. The summed E-state index contributed by atoms with van der Waals surface area (Å²) in [4.78, 5) is 0. The van der Waals surface area contributed by atoms with Crippen LogP contribution in [0, 0.1) is 23.6 Å². The maximum absolute atomic E-state index is 14.6. The Morgan fingerprint density at radius 2 is 1.78 bits per heavy atom. The van der Waals surface area contributed by atoms with E-state index in [2.05, 4.69) is 37.3 Å². The van der Waals surface area contributed by atoms with E-state index in [1.807, 2.05) is 13.0 Å². The average Bonchev–Trinajstić information content (AvgIpc) is 2.67. The summed E-state index contributed by atoms with van der Waals surface area (Å²) in [5.41, 5.74) is 2.27. The number of hydrogen-bond donors (Lipinski definition) is 0. The van der Waals surface area contributed by atoms with Gasteiger partial charge in [0.25, 0.3) is 0 Å². The first-order chi connectivity index (χ1) is 13.1. The maximum Gasteiger partial charge on any atom is 0.127 e. The first-order valence-corrected chi connectivity index (χ1v) is 11.0. The van der Waals surface area contributed by atoms with Crippen molar-refractivity contribution < 1.29 is 4.39 Å². The van der Waals surface area contributed by atoms with E-state index in [9.17, 15) is 4.39 Å². The first kappa shape index (κ1) is 18.7. The van der Waals surface area contributed by atoms with Crippen molar-refractivity contribution in [2.45, 2.75) is 71.1 Å². The van der Waals surface area contributed by atoms with E-state index >= 15 is 0 Å². The molecule has 0 heterocycles. The number of benzene rings is 2. The van der Waals surface area contributed by atoms with Gasteiger partial charge in [0.05, 0.1) is 0 Å². The molecule has 2 aromatic carbocycles. The van der Waals surface area contributed by atoms with Crippen LogP contribution in [0.15, 0.2) is 42.5 Å². The Balaban J connectivity index is 1.52. The molecule has 0 spiro atoms. The van der Waals surface area contributed by atoms with Crippen LogP contribution in [-0.4, -0.2) is 0 Å². The largest absolute Gasteiger partial charge is 0.207 e. The molecule has 0 radical (unpaired) electrons. The molecule has 1 heteroatoms. The fraction of sp³-hybridized carbons (Fsp3) is 0.538. The normalized spacial score (nSPS) is 28.6. The molecule has 2 aromatic rings. The molecule has 0 saturated heterocycles. The van der Waals surface area contributed by atoms with Crippen molar-refractivity contribution in [1.29, 1.82) is 0 Å². The molecule has 0 nitrogen and oxygen atoms in total. The lowest BCUT2D eigenvalue weighted by molar-refractivity contribution is 0.124. The van der Waals surface area contributed by atoms with E-state index in [4.69, 9.17) is 0 Å². The molecule has 0 aromatic heterocycles. The van der Waals surface area contributed by atoms with Crippen LogP contribution in [0.3, 0.4) is 0 Å². The van der Waals surface area contributed by atoms with Gasteiger partial charge in [-0.05, 0) is 110 Å². The number of aryl methyl sites for hydroxylation is 1. The van der Waals surface area contributed by atoms with Gasteiger partial charge in [-0.25, -0.2) is 4.39 Å². The lowest BCUT2D eigenvalue weighted by atomic mass is 9.64. The van der Waals surface area contributed by atoms with Gasteiger partial charge in [0, 0.05) is 0 Å². The molecular formula is C26H33F. The minimum Gasteiger partial charge on any atom is -0.207 e. The lowest BCUT2D eigenvalue weighted by Gasteiger charge is -2.41. The number of allylic oxidation sites excluding steroid dienone is 2. The number of fused-ring (bicyclic) bond motifs is 2. The Morgan fingerprint density at radius 3 is 2.63 bits per heavy atom. The monoisotopic (exact) mass is 364 g/mol. The van der Waals surface area contributed by atoms with E-state index in [0.717, 1.165) is 41.5 Å². The van der Waals surface area contributed by atoms with Gasteiger partial charge in [-0.2, -0.15) is 0 Å². The highest BCUT2D eigenvalue weighted by atomic mass is 19.1. The fourth-order valence-electron chi connectivity index (χ4n) is 5.61. The molecule has 2 saturated carbocycles. The third-order valence-electron chi connectivity index (χ3n) is 7.19. The third-order valence-corrected chi connectivity index (χ3v) is 7.19. The van der Waals surface area contributed by atoms with E-state index in [1.54, 1.807) is 6.07 Å². The first-order valence-electron chi connectivity index (χ1n) is 11.0. The summed E-state index contributed by atoms with van der Waals surface area (Å²) in [5, 5.41) is 2.25. The number of rotatable bonds is 4. The van der Waals surface area contributed by atoms with Crippen molar-refractivity contribution in [3.63, 3.8) is 0 Å². The smallest absolute Gasteiger partial charge is 0.127 e. The van der Waals surface area contributed by atoms with Gasteiger partial charge in [0.15, 0.2) is 0 Å². The second-order valence-corrected chi connectivity index (χ2v) is 9.11. The maximum atomic E-state index is 14.6. The Kier molecular flexibility index (Phi) is 5.66. The third kappa shape index (κ3) is 4.13. The van der Waals surface area contributed by atoms with Gasteiger partial charge in [-0.15, -0.1) is 0 Å². The second kappa shape index (κ2) is 8.17. The van der Waals surface area contributed by atoms with Crippen molar-refractivity contribution in [3.05, 3.63) is 59.4 Å². The van der Waals surface area contributed by atoms with Crippen LogP contribution in [0.1, 0.15) is 75.8 Å². The van der Waals surface area contributed by atoms with Crippen molar-refractivity contribution in [2.24, 2.45) is 17.8 Å². The summed E-state index contributed by atoms with van der Waals surface area (Å²) in [6, 6.07) is 10.6. The highest BCUT2D eigenvalue weighted by molar-refractivity contribution is 5.84. The molecule has 2 fully saturated rings. The standard InChI is InChI=1S/C26H33F/c1-3-4-5-6-24-15-23-12-11-22(16-25(23)17-26(24)27)21-10-9-19-13-18(2)7-8-20(19)14-21/h3-4,11-12,15-21H,5-10,13-14H2,1-2H3/b4-3+. The molecule has 0 N–H and O–H groups in total. The van der Waals surface area contributed by atoms with Crippen LogP contribution in [0.2, 0.25) is 0 Å². The Labute approximate surface area is 163 Å². The minimum absolute atomic E-state index is 0.0471. The predicted molar refractivity (Wildman–Crippen MR) is 114 cm³/mol. The molecule has 4 rings (SSSR count). The Hall–Kier alpha value is -1.63. The quantitative estimate of drug-likeness (QED) is 0.485. The summed E-state index contributed by atoms with van der Waals surface area (Å²) >= 11 is 0. The average molecular weight is 365 g/mol. The van der Waals surface area contributed by atoms with E-state index in [1.165, 1.54) is 49.5 Å². The van der Waals surface area contributed by atoms with E-state index < -0.39 is 0 Å². The Morgan fingerprint density at radius 1 is 0.963 bits per heavy atom. The molecule has 0 amide bonds. The van der Waals surface area contributed by atoms with Gasteiger partial charge in [-0.3, -0.25) is 0 Å². The highest BCUT2D eigenvalue weighted by Crippen LogP contribution is 2.47. The van der Waals surface area contributed by atoms with Gasteiger partial charge < -0.3 is 0 Å². The summed E-state index contributed by atoms with van der Waals surface area (Å²) < 4.78 is 14.6. The molecule has 144 valence electrons. The second-order valence-electron chi connectivity index (χ2n) is 9.11. The van der Waals surface area contributed by atoms with Crippen LogP contribution in [-0.2, 0) is 6.42 Å². The van der Waals surface area contributed by atoms with Crippen LogP contribution >= 0.6 is 0 Å². The summed E-state index contributed by atoms with van der Waals surface area (Å²) in [5.74, 6) is 3.42. The van der Waals surface area contributed by atoms with Crippen molar-refractivity contribution in [1.82, 2.24) is 0 Å². The molecular weight excluding hydrogens is 331 g/mol. The topological polar surface area (TPSA) is 0 Å². The van der Waals surface area contributed by atoms with E-state index in [-0.39, 0.29) is 5.82 Å². The number of hydrogen-bond acceptors (Lipinski definition) is 0. The van der Waals surface area contributed by atoms with Gasteiger partial charge in [0.1, 0.15) is 5.82 Å². The zero-order valence-electron chi connectivity index (χ0n) is 16.9. The number of halogens is 1. The predicted octanol–water partition coefficient (Wildman–Crippen LogP) is 7.81. The zero-order chi connectivity index (χ0) is 18.8. The molecule has 4 atom stereocenters. The zero-order valence-corrected chi connectivity index (χ0v) is 16.9.